The van der Waals surface area contributed by atoms with Gasteiger partial charge in [0.2, 0.25) is 0 Å². The van der Waals surface area contributed by atoms with Crippen LogP contribution in [0, 0.1) is 17.1 Å². The van der Waals surface area contributed by atoms with Crippen LogP contribution in [-0.2, 0) is 0 Å². The summed E-state index contributed by atoms with van der Waals surface area (Å²) in [5.41, 5.74) is 2.10. The van der Waals surface area contributed by atoms with Crippen molar-refractivity contribution in [1.29, 1.82) is 5.26 Å². The molecule has 0 saturated heterocycles. The molecule has 0 aliphatic carbocycles. The average Bonchev–Trinajstić information content (AvgIpc) is 2.98. The lowest BCUT2D eigenvalue weighted by atomic mass is 10.1. The molecule has 1 N–H and O–H groups in total. The minimum absolute atomic E-state index is 0.300. The zero-order valence-electron chi connectivity index (χ0n) is 10.9. The minimum Gasteiger partial charge on any atom is -0.423 e. The lowest BCUT2D eigenvalue weighted by Crippen LogP contribution is -1.89. The van der Waals surface area contributed by atoms with E-state index in [1.165, 1.54) is 12.1 Å². The Hall–Kier alpha value is -3.13. The molecular formula is C16H10FN3O. The van der Waals surface area contributed by atoms with Gasteiger partial charge in [0.25, 0.3) is 6.01 Å². The molecule has 0 unspecified atom stereocenters. The van der Waals surface area contributed by atoms with Crippen LogP contribution in [0.3, 0.4) is 0 Å². The number of nitriles is 1. The highest BCUT2D eigenvalue weighted by molar-refractivity contribution is 5.60. The third kappa shape index (κ3) is 2.90. The fourth-order valence-corrected chi connectivity index (χ4v) is 1.83. The van der Waals surface area contributed by atoms with Crippen LogP contribution in [-0.4, -0.2) is 4.98 Å². The number of halogens is 1. The Kier molecular flexibility index (Phi) is 3.36. The second-order valence-corrected chi connectivity index (χ2v) is 4.35. The van der Waals surface area contributed by atoms with Crippen molar-refractivity contribution >= 4 is 11.7 Å². The fourth-order valence-electron chi connectivity index (χ4n) is 1.83. The van der Waals surface area contributed by atoms with Gasteiger partial charge in [-0.25, -0.2) is 9.37 Å². The van der Waals surface area contributed by atoms with Crippen LogP contribution in [0.15, 0.2) is 59.1 Å². The van der Waals surface area contributed by atoms with Gasteiger partial charge in [0.1, 0.15) is 5.82 Å². The lowest BCUT2D eigenvalue weighted by Gasteiger charge is -2.01. The summed E-state index contributed by atoms with van der Waals surface area (Å²) in [6.07, 6.45) is 1.59. The molecule has 2 aromatic carbocycles. The predicted octanol–water partition coefficient (Wildman–Crippen LogP) is 4.10. The molecule has 0 aliphatic heterocycles. The standard InChI is InChI=1S/C16H10FN3O/c17-13-5-7-14(8-6-13)20-16-19-10-15(21-16)12-3-1-11(9-18)2-4-12/h1-8,10H,(H,19,20). The summed E-state index contributed by atoms with van der Waals surface area (Å²) in [5, 5.41) is 11.7. The molecule has 3 rings (SSSR count). The maximum atomic E-state index is 12.8. The molecule has 0 saturated carbocycles. The number of rotatable bonds is 3. The molecule has 21 heavy (non-hydrogen) atoms. The number of hydrogen-bond donors (Lipinski definition) is 1. The molecule has 1 heterocycles. The van der Waals surface area contributed by atoms with Gasteiger partial charge >= 0.3 is 0 Å². The van der Waals surface area contributed by atoms with Crippen molar-refractivity contribution in [3.8, 4) is 17.4 Å². The van der Waals surface area contributed by atoms with Crippen molar-refractivity contribution in [3.63, 3.8) is 0 Å². The summed E-state index contributed by atoms with van der Waals surface area (Å²) >= 11 is 0. The van der Waals surface area contributed by atoms with Gasteiger partial charge in [-0.3, -0.25) is 0 Å². The van der Waals surface area contributed by atoms with Crippen molar-refractivity contribution in [2.75, 3.05) is 5.32 Å². The Bertz CT molecular complexity index is 786. The highest BCUT2D eigenvalue weighted by Gasteiger charge is 2.06. The molecular weight excluding hydrogens is 269 g/mol. The van der Waals surface area contributed by atoms with Gasteiger partial charge < -0.3 is 9.73 Å². The van der Waals surface area contributed by atoms with Gasteiger partial charge in [-0.05, 0) is 48.5 Å². The van der Waals surface area contributed by atoms with E-state index in [0.29, 0.717) is 23.0 Å². The Morgan fingerprint density at radius 1 is 1.05 bits per heavy atom. The number of nitrogens with one attached hydrogen (secondary N) is 1. The molecule has 5 heteroatoms. The molecule has 0 aliphatic rings. The summed E-state index contributed by atoms with van der Waals surface area (Å²) in [5.74, 6) is 0.287. The maximum Gasteiger partial charge on any atom is 0.299 e. The number of oxazole rings is 1. The van der Waals surface area contributed by atoms with E-state index in [9.17, 15) is 4.39 Å². The van der Waals surface area contributed by atoms with Gasteiger partial charge in [-0.1, -0.05) is 0 Å². The van der Waals surface area contributed by atoms with Crippen molar-refractivity contribution in [3.05, 3.63) is 66.1 Å². The van der Waals surface area contributed by atoms with E-state index in [-0.39, 0.29) is 5.82 Å². The molecule has 0 spiro atoms. The molecule has 1 aromatic heterocycles. The third-order valence-electron chi connectivity index (χ3n) is 2.90. The first-order chi connectivity index (χ1) is 10.2. The Morgan fingerprint density at radius 3 is 2.43 bits per heavy atom. The second-order valence-electron chi connectivity index (χ2n) is 4.35. The molecule has 3 aromatic rings. The first kappa shape index (κ1) is 12.9. The highest BCUT2D eigenvalue weighted by Crippen LogP contribution is 2.24. The molecule has 0 fully saturated rings. The Morgan fingerprint density at radius 2 is 1.76 bits per heavy atom. The van der Waals surface area contributed by atoms with E-state index in [1.807, 2.05) is 0 Å². The molecule has 4 nitrogen and oxygen atoms in total. The van der Waals surface area contributed by atoms with E-state index >= 15 is 0 Å². The predicted molar refractivity (Wildman–Crippen MR) is 76.3 cm³/mol. The van der Waals surface area contributed by atoms with Crippen LogP contribution in [0.4, 0.5) is 16.1 Å². The summed E-state index contributed by atoms with van der Waals surface area (Å²) in [4.78, 5) is 4.12. The van der Waals surface area contributed by atoms with Gasteiger partial charge in [-0.2, -0.15) is 5.26 Å². The van der Waals surface area contributed by atoms with Crippen LogP contribution >= 0.6 is 0 Å². The normalized spacial score (nSPS) is 10.1. The SMILES string of the molecule is N#Cc1ccc(-c2cnc(Nc3ccc(F)cc3)o2)cc1. The zero-order valence-corrected chi connectivity index (χ0v) is 10.9. The number of benzene rings is 2. The van der Waals surface area contributed by atoms with Crippen LogP contribution in [0.2, 0.25) is 0 Å². The summed E-state index contributed by atoms with van der Waals surface area (Å²) in [7, 11) is 0. The largest absolute Gasteiger partial charge is 0.423 e. The molecule has 0 radical (unpaired) electrons. The van der Waals surface area contributed by atoms with Gasteiger partial charge in [0.15, 0.2) is 5.76 Å². The van der Waals surface area contributed by atoms with E-state index in [0.717, 1.165) is 5.56 Å². The van der Waals surface area contributed by atoms with Gasteiger partial charge in [-0.15, -0.1) is 0 Å². The quantitative estimate of drug-likeness (QED) is 0.784. The third-order valence-corrected chi connectivity index (χ3v) is 2.90. The summed E-state index contributed by atoms with van der Waals surface area (Å²) < 4.78 is 18.4. The fraction of sp³-hybridized carbons (Fsp3) is 0. The highest BCUT2D eigenvalue weighted by atomic mass is 19.1. The summed E-state index contributed by atoms with van der Waals surface area (Å²) in [6, 6.07) is 15.3. The van der Waals surface area contributed by atoms with Crippen molar-refractivity contribution < 1.29 is 8.81 Å². The minimum atomic E-state index is -0.300. The number of aromatic nitrogens is 1. The maximum absolute atomic E-state index is 12.8. The second kappa shape index (κ2) is 5.47. The van der Waals surface area contributed by atoms with Crippen molar-refractivity contribution in [2.24, 2.45) is 0 Å². The van der Waals surface area contributed by atoms with Crippen molar-refractivity contribution in [1.82, 2.24) is 4.98 Å². The van der Waals surface area contributed by atoms with Gasteiger partial charge in [0, 0.05) is 11.3 Å². The average molecular weight is 279 g/mol. The molecule has 0 bridgehead atoms. The smallest absolute Gasteiger partial charge is 0.299 e. The van der Waals surface area contributed by atoms with E-state index in [4.69, 9.17) is 9.68 Å². The molecule has 102 valence electrons. The molecule has 0 amide bonds. The van der Waals surface area contributed by atoms with E-state index < -0.39 is 0 Å². The first-order valence-electron chi connectivity index (χ1n) is 6.23. The van der Waals surface area contributed by atoms with Crippen LogP contribution in [0.5, 0.6) is 0 Å². The number of anilines is 2. The topological polar surface area (TPSA) is 61.9 Å². The molecule has 0 atom stereocenters. The lowest BCUT2D eigenvalue weighted by molar-refractivity contribution is 0.592. The van der Waals surface area contributed by atoms with Crippen LogP contribution < -0.4 is 5.32 Å². The Labute approximate surface area is 120 Å². The summed E-state index contributed by atoms with van der Waals surface area (Å²) in [6.45, 7) is 0. The monoisotopic (exact) mass is 279 g/mol. The van der Waals surface area contributed by atoms with E-state index in [1.54, 1.807) is 42.6 Å². The van der Waals surface area contributed by atoms with E-state index in [2.05, 4.69) is 16.4 Å². The van der Waals surface area contributed by atoms with Crippen LogP contribution in [0.1, 0.15) is 5.56 Å². The Balaban J connectivity index is 1.79. The first-order valence-corrected chi connectivity index (χ1v) is 6.23. The number of nitrogens with zero attached hydrogens (tertiary/aromatic N) is 2. The van der Waals surface area contributed by atoms with Crippen LogP contribution in [0.25, 0.3) is 11.3 Å². The van der Waals surface area contributed by atoms with Crippen molar-refractivity contribution in [2.45, 2.75) is 0 Å². The zero-order chi connectivity index (χ0) is 14.7. The van der Waals surface area contributed by atoms with Gasteiger partial charge in [0.05, 0.1) is 17.8 Å². The number of hydrogen-bond acceptors (Lipinski definition) is 4.